The maximum atomic E-state index is 12.7. The van der Waals surface area contributed by atoms with Gasteiger partial charge in [0, 0.05) is 0 Å². The Hall–Kier alpha value is -2.39. The molecule has 0 bridgehead atoms. The van der Waals surface area contributed by atoms with Gasteiger partial charge in [0.2, 0.25) is 15.9 Å². The highest BCUT2D eigenvalue weighted by atomic mass is 32.2. The van der Waals surface area contributed by atoms with Crippen LogP contribution >= 0.6 is 0 Å². The summed E-state index contributed by atoms with van der Waals surface area (Å²) in [7, 11) is -7.64. The summed E-state index contributed by atoms with van der Waals surface area (Å²) in [6.07, 6.45) is 0.669. The lowest BCUT2D eigenvalue weighted by atomic mass is 9.95. The highest BCUT2D eigenvalue weighted by Gasteiger charge is 2.49. The summed E-state index contributed by atoms with van der Waals surface area (Å²) >= 11 is 0. The average Bonchev–Trinajstić information content (AvgIpc) is 2.78. The summed E-state index contributed by atoms with van der Waals surface area (Å²) in [5.74, 6) is -0.813. The first kappa shape index (κ1) is 20.3. The second-order valence-electron chi connectivity index (χ2n) is 7.32. The SMILES string of the molecule is CCc1ccccc1NS(=O)(=O)c1ccc(N2C(=O)C(C)(C)CS2(=O)=O)cc1. The van der Waals surface area contributed by atoms with Crippen LogP contribution < -0.4 is 9.03 Å². The zero-order valence-electron chi connectivity index (χ0n) is 15.8. The third kappa shape index (κ3) is 3.64. The Morgan fingerprint density at radius 2 is 1.68 bits per heavy atom. The lowest BCUT2D eigenvalue weighted by Gasteiger charge is -2.18. The number of hydrogen-bond donors (Lipinski definition) is 1. The van der Waals surface area contributed by atoms with Gasteiger partial charge in [0.15, 0.2) is 0 Å². The van der Waals surface area contributed by atoms with E-state index in [2.05, 4.69) is 4.72 Å². The number of sulfonamides is 2. The van der Waals surface area contributed by atoms with Gasteiger partial charge in [-0.15, -0.1) is 0 Å². The van der Waals surface area contributed by atoms with Crippen LogP contribution in [-0.2, 0) is 31.3 Å². The smallest absolute Gasteiger partial charge is 0.261 e. The van der Waals surface area contributed by atoms with Crippen LogP contribution in [0.4, 0.5) is 11.4 Å². The molecule has 1 N–H and O–H groups in total. The number of hydrogen-bond acceptors (Lipinski definition) is 5. The number of amides is 1. The van der Waals surface area contributed by atoms with Crippen LogP contribution in [0.3, 0.4) is 0 Å². The molecule has 0 radical (unpaired) electrons. The van der Waals surface area contributed by atoms with Gasteiger partial charge >= 0.3 is 0 Å². The van der Waals surface area contributed by atoms with Gasteiger partial charge in [-0.1, -0.05) is 25.1 Å². The normalized spacial score (nSPS) is 18.2. The van der Waals surface area contributed by atoms with E-state index in [1.165, 1.54) is 24.3 Å². The number of nitrogens with one attached hydrogen (secondary N) is 1. The minimum absolute atomic E-state index is 0.0227. The molecule has 28 heavy (non-hydrogen) atoms. The molecule has 0 aliphatic carbocycles. The number of nitrogens with zero attached hydrogens (tertiary/aromatic N) is 1. The molecule has 0 unspecified atom stereocenters. The largest absolute Gasteiger partial charge is 0.279 e. The number of anilines is 2. The Morgan fingerprint density at radius 1 is 1.07 bits per heavy atom. The van der Waals surface area contributed by atoms with E-state index in [4.69, 9.17) is 0 Å². The van der Waals surface area contributed by atoms with Crippen LogP contribution in [0.5, 0.6) is 0 Å². The summed E-state index contributed by atoms with van der Waals surface area (Å²) in [6.45, 7) is 5.07. The van der Waals surface area contributed by atoms with Crippen LogP contribution in [0, 0.1) is 5.41 Å². The molecule has 2 aromatic carbocycles. The number of para-hydroxylation sites is 1. The van der Waals surface area contributed by atoms with Crippen LogP contribution in [0.15, 0.2) is 53.4 Å². The van der Waals surface area contributed by atoms with Gasteiger partial charge in [-0.25, -0.2) is 21.1 Å². The van der Waals surface area contributed by atoms with Crippen LogP contribution in [-0.4, -0.2) is 28.5 Å². The summed E-state index contributed by atoms with van der Waals surface area (Å²) < 4.78 is 53.4. The van der Waals surface area contributed by atoms with Gasteiger partial charge in [-0.05, 0) is 56.2 Å². The molecular formula is C19H22N2O5S2. The van der Waals surface area contributed by atoms with Crippen molar-refractivity contribution >= 4 is 37.3 Å². The van der Waals surface area contributed by atoms with E-state index in [0.29, 0.717) is 12.1 Å². The number of carbonyl (C=O) groups is 1. The Kier molecular flexibility index (Phi) is 5.01. The van der Waals surface area contributed by atoms with E-state index >= 15 is 0 Å². The summed E-state index contributed by atoms with van der Waals surface area (Å²) in [4.78, 5) is 12.4. The maximum absolute atomic E-state index is 12.7. The predicted octanol–water partition coefficient (Wildman–Crippen LogP) is 2.75. The molecule has 3 rings (SSSR count). The number of aryl methyl sites for hydroxylation is 1. The van der Waals surface area contributed by atoms with E-state index in [0.717, 1.165) is 9.87 Å². The van der Waals surface area contributed by atoms with Gasteiger partial charge in [0.1, 0.15) is 0 Å². The fraction of sp³-hybridized carbons (Fsp3) is 0.316. The average molecular weight is 423 g/mol. The van der Waals surface area contributed by atoms with Crippen molar-refractivity contribution in [2.45, 2.75) is 32.1 Å². The minimum atomic E-state index is -3.85. The highest BCUT2D eigenvalue weighted by Crippen LogP contribution is 2.36. The van der Waals surface area contributed by atoms with Crippen molar-refractivity contribution in [2.75, 3.05) is 14.8 Å². The van der Waals surface area contributed by atoms with Gasteiger partial charge in [0.25, 0.3) is 10.0 Å². The Bertz CT molecular complexity index is 1120. The van der Waals surface area contributed by atoms with E-state index in [1.54, 1.807) is 26.0 Å². The zero-order chi connectivity index (χ0) is 20.7. The second-order valence-corrected chi connectivity index (χ2v) is 10.8. The van der Waals surface area contributed by atoms with Crippen molar-refractivity contribution in [2.24, 2.45) is 5.41 Å². The van der Waals surface area contributed by atoms with Crippen molar-refractivity contribution in [3.8, 4) is 0 Å². The molecule has 9 heteroatoms. The number of rotatable bonds is 5. The summed E-state index contributed by atoms with van der Waals surface area (Å²) in [5.41, 5.74) is 0.463. The molecule has 2 aromatic rings. The molecule has 0 spiro atoms. The molecule has 0 saturated carbocycles. The second kappa shape index (κ2) is 6.89. The lowest BCUT2D eigenvalue weighted by Crippen LogP contribution is -2.32. The van der Waals surface area contributed by atoms with Crippen molar-refractivity contribution in [3.05, 3.63) is 54.1 Å². The van der Waals surface area contributed by atoms with Crippen molar-refractivity contribution in [1.29, 1.82) is 0 Å². The van der Waals surface area contributed by atoms with Crippen molar-refractivity contribution < 1.29 is 21.6 Å². The van der Waals surface area contributed by atoms with Crippen LogP contribution in [0.25, 0.3) is 0 Å². The molecule has 1 amide bonds. The first-order valence-corrected chi connectivity index (χ1v) is 11.9. The zero-order valence-corrected chi connectivity index (χ0v) is 17.5. The van der Waals surface area contributed by atoms with Gasteiger partial charge in [0.05, 0.1) is 27.4 Å². The first-order valence-electron chi connectivity index (χ1n) is 8.76. The summed E-state index contributed by atoms with van der Waals surface area (Å²) in [6, 6.07) is 12.3. The third-order valence-electron chi connectivity index (χ3n) is 4.61. The number of carbonyl (C=O) groups excluding carboxylic acids is 1. The van der Waals surface area contributed by atoms with E-state index in [-0.39, 0.29) is 16.3 Å². The molecule has 1 aliphatic heterocycles. The van der Waals surface area contributed by atoms with Crippen molar-refractivity contribution in [1.82, 2.24) is 0 Å². The molecular weight excluding hydrogens is 400 g/mol. The third-order valence-corrected chi connectivity index (χ3v) is 8.01. The Balaban J connectivity index is 1.91. The fourth-order valence-corrected chi connectivity index (χ4v) is 6.36. The van der Waals surface area contributed by atoms with E-state index in [9.17, 15) is 21.6 Å². The summed E-state index contributed by atoms with van der Waals surface area (Å²) in [5, 5.41) is 0. The molecule has 1 fully saturated rings. The van der Waals surface area contributed by atoms with Gasteiger partial charge in [-0.2, -0.15) is 0 Å². The standard InChI is InChI=1S/C19H22N2O5S2/c1-4-14-7-5-6-8-17(14)20-28(25,26)16-11-9-15(10-12-16)21-18(22)19(2,3)13-27(21,23)24/h5-12,20H,4,13H2,1-3H3. The molecule has 1 saturated heterocycles. The van der Waals surface area contributed by atoms with Crippen LogP contribution in [0.1, 0.15) is 26.3 Å². The van der Waals surface area contributed by atoms with Gasteiger partial charge in [-0.3, -0.25) is 9.52 Å². The molecule has 0 aromatic heterocycles. The molecule has 150 valence electrons. The van der Waals surface area contributed by atoms with E-state index in [1.807, 2.05) is 19.1 Å². The molecule has 1 aliphatic rings. The quantitative estimate of drug-likeness (QED) is 0.798. The number of benzene rings is 2. The fourth-order valence-electron chi connectivity index (χ4n) is 3.15. The molecule has 7 nitrogen and oxygen atoms in total. The highest BCUT2D eigenvalue weighted by molar-refractivity contribution is 7.94. The monoisotopic (exact) mass is 422 g/mol. The van der Waals surface area contributed by atoms with Crippen molar-refractivity contribution in [3.63, 3.8) is 0 Å². The minimum Gasteiger partial charge on any atom is -0.279 e. The maximum Gasteiger partial charge on any atom is 0.261 e. The Morgan fingerprint density at radius 3 is 2.21 bits per heavy atom. The Labute approximate surface area is 165 Å². The van der Waals surface area contributed by atoms with E-state index < -0.39 is 31.4 Å². The predicted molar refractivity (Wildman–Crippen MR) is 108 cm³/mol. The van der Waals surface area contributed by atoms with Gasteiger partial charge < -0.3 is 0 Å². The molecule has 1 heterocycles. The topological polar surface area (TPSA) is 101 Å². The molecule has 0 atom stereocenters. The first-order chi connectivity index (χ1) is 13.0. The van der Waals surface area contributed by atoms with Crippen LogP contribution in [0.2, 0.25) is 0 Å². The lowest BCUT2D eigenvalue weighted by molar-refractivity contribution is -0.123.